The minimum Gasteiger partial charge on any atom is -0.326 e. The van der Waals surface area contributed by atoms with E-state index in [1.807, 2.05) is 13.8 Å². The van der Waals surface area contributed by atoms with Crippen LogP contribution < -0.4 is 5.73 Å². The van der Waals surface area contributed by atoms with Gasteiger partial charge in [0, 0.05) is 11.7 Å². The zero-order valence-electron chi connectivity index (χ0n) is 11.0. The predicted octanol–water partition coefficient (Wildman–Crippen LogP) is 2.85. The summed E-state index contributed by atoms with van der Waals surface area (Å²) in [6, 6.07) is -0.987. The molecular formula is C12H20F3N3. The molecule has 0 saturated carbocycles. The third kappa shape index (κ3) is 3.04. The van der Waals surface area contributed by atoms with Crippen LogP contribution in [0.1, 0.15) is 44.6 Å². The van der Waals surface area contributed by atoms with Crippen LogP contribution in [0.25, 0.3) is 0 Å². The van der Waals surface area contributed by atoms with E-state index in [4.69, 9.17) is 5.73 Å². The standard InChI is InChI=1S/C12H20F3N3/c1-4-8-7-9(5-2)18(17-8)11(10(16)6-3)12(13,14)15/h7,10-11H,4-6,16H2,1-3H3. The van der Waals surface area contributed by atoms with E-state index in [0.717, 1.165) is 4.68 Å². The number of alkyl halides is 3. The molecule has 3 nitrogen and oxygen atoms in total. The van der Waals surface area contributed by atoms with E-state index < -0.39 is 18.3 Å². The second kappa shape index (κ2) is 5.73. The number of nitrogens with zero attached hydrogens (tertiary/aromatic N) is 2. The largest absolute Gasteiger partial charge is 0.412 e. The highest BCUT2D eigenvalue weighted by atomic mass is 19.4. The number of aryl methyl sites for hydroxylation is 2. The summed E-state index contributed by atoms with van der Waals surface area (Å²) in [6.45, 7) is 5.34. The minimum atomic E-state index is -4.38. The molecule has 2 atom stereocenters. The Bertz CT molecular complexity index is 384. The molecule has 0 amide bonds. The quantitative estimate of drug-likeness (QED) is 0.887. The first-order chi connectivity index (χ1) is 8.35. The Morgan fingerprint density at radius 2 is 1.89 bits per heavy atom. The van der Waals surface area contributed by atoms with Gasteiger partial charge in [0.2, 0.25) is 0 Å². The van der Waals surface area contributed by atoms with Crippen LogP contribution in [0.15, 0.2) is 6.07 Å². The molecule has 1 heterocycles. The fraction of sp³-hybridized carbons (Fsp3) is 0.750. The first-order valence-electron chi connectivity index (χ1n) is 6.24. The van der Waals surface area contributed by atoms with Gasteiger partial charge < -0.3 is 5.73 Å². The molecule has 0 saturated heterocycles. The second-order valence-electron chi connectivity index (χ2n) is 4.34. The van der Waals surface area contributed by atoms with Gasteiger partial charge in [0.1, 0.15) is 0 Å². The first-order valence-corrected chi connectivity index (χ1v) is 6.24. The summed E-state index contributed by atoms with van der Waals surface area (Å²) >= 11 is 0. The molecule has 0 aliphatic rings. The van der Waals surface area contributed by atoms with Gasteiger partial charge in [-0.15, -0.1) is 0 Å². The van der Waals surface area contributed by atoms with Gasteiger partial charge in [-0.25, -0.2) is 0 Å². The smallest absolute Gasteiger partial charge is 0.326 e. The number of nitrogens with two attached hydrogens (primary N) is 1. The number of rotatable bonds is 5. The zero-order chi connectivity index (χ0) is 13.9. The van der Waals surface area contributed by atoms with Crippen LogP contribution >= 0.6 is 0 Å². The van der Waals surface area contributed by atoms with Crippen LogP contribution in [-0.4, -0.2) is 22.0 Å². The van der Waals surface area contributed by atoms with Gasteiger partial charge in [-0.2, -0.15) is 18.3 Å². The van der Waals surface area contributed by atoms with E-state index in [1.165, 1.54) is 0 Å². The van der Waals surface area contributed by atoms with Gasteiger partial charge in [-0.3, -0.25) is 4.68 Å². The van der Waals surface area contributed by atoms with E-state index >= 15 is 0 Å². The Morgan fingerprint density at radius 1 is 1.28 bits per heavy atom. The van der Waals surface area contributed by atoms with Crippen molar-refractivity contribution < 1.29 is 13.2 Å². The summed E-state index contributed by atoms with van der Waals surface area (Å²) in [5, 5.41) is 4.05. The molecule has 1 aromatic heterocycles. The summed E-state index contributed by atoms with van der Waals surface area (Å²) in [5.41, 5.74) is 6.88. The van der Waals surface area contributed by atoms with Crippen LogP contribution in [0.3, 0.4) is 0 Å². The lowest BCUT2D eigenvalue weighted by molar-refractivity contribution is -0.176. The van der Waals surface area contributed by atoms with Crippen LogP contribution in [-0.2, 0) is 12.8 Å². The topological polar surface area (TPSA) is 43.8 Å². The molecule has 18 heavy (non-hydrogen) atoms. The van der Waals surface area contributed by atoms with Crippen LogP contribution in [0.5, 0.6) is 0 Å². The van der Waals surface area contributed by atoms with Crippen molar-refractivity contribution in [1.82, 2.24) is 9.78 Å². The molecule has 0 spiro atoms. The average Bonchev–Trinajstić information content (AvgIpc) is 2.70. The Hall–Kier alpha value is -1.04. The summed E-state index contributed by atoms with van der Waals surface area (Å²) < 4.78 is 40.5. The number of hydrogen-bond donors (Lipinski definition) is 1. The number of aromatic nitrogens is 2. The number of halogens is 3. The number of hydrogen-bond acceptors (Lipinski definition) is 2. The molecule has 0 aliphatic carbocycles. The van der Waals surface area contributed by atoms with E-state index in [9.17, 15) is 13.2 Å². The maximum absolute atomic E-state index is 13.1. The third-order valence-electron chi connectivity index (χ3n) is 3.06. The molecule has 1 rings (SSSR count). The van der Waals surface area contributed by atoms with Crippen molar-refractivity contribution in [1.29, 1.82) is 0 Å². The molecule has 0 radical (unpaired) electrons. The van der Waals surface area contributed by atoms with Crippen molar-refractivity contribution in [3.63, 3.8) is 0 Å². The van der Waals surface area contributed by atoms with Gasteiger partial charge in [0.25, 0.3) is 0 Å². The third-order valence-corrected chi connectivity index (χ3v) is 3.06. The Kier molecular flexibility index (Phi) is 4.78. The summed E-state index contributed by atoms with van der Waals surface area (Å²) in [5.74, 6) is 0. The molecule has 2 N–H and O–H groups in total. The molecule has 0 aromatic carbocycles. The van der Waals surface area contributed by atoms with Crippen molar-refractivity contribution in [3.8, 4) is 0 Å². The Labute approximate surface area is 105 Å². The van der Waals surface area contributed by atoms with E-state index in [-0.39, 0.29) is 6.42 Å². The molecule has 104 valence electrons. The van der Waals surface area contributed by atoms with Crippen molar-refractivity contribution in [2.24, 2.45) is 5.73 Å². The maximum Gasteiger partial charge on any atom is 0.412 e. The molecule has 0 fully saturated rings. The molecule has 0 bridgehead atoms. The molecule has 0 aliphatic heterocycles. The highest BCUT2D eigenvalue weighted by molar-refractivity contribution is 5.12. The molecule has 6 heteroatoms. The monoisotopic (exact) mass is 263 g/mol. The van der Waals surface area contributed by atoms with Crippen molar-refractivity contribution in [2.75, 3.05) is 0 Å². The SMILES string of the molecule is CCc1cc(CC)n(C(C(N)CC)C(F)(F)F)n1. The molecule has 1 aromatic rings. The summed E-state index contributed by atoms with van der Waals surface area (Å²) in [6.07, 6.45) is -2.99. The average molecular weight is 263 g/mol. The van der Waals surface area contributed by atoms with Gasteiger partial charge >= 0.3 is 6.18 Å². The lowest BCUT2D eigenvalue weighted by Crippen LogP contribution is -2.42. The summed E-state index contributed by atoms with van der Waals surface area (Å²) in [7, 11) is 0. The van der Waals surface area contributed by atoms with E-state index in [1.54, 1.807) is 13.0 Å². The maximum atomic E-state index is 13.1. The van der Waals surface area contributed by atoms with E-state index in [2.05, 4.69) is 5.10 Å². The van der Waals surface area contributed by atoms with Crippen molar-refractivity contribution in [3.05, 3.63) is 17.5 Å². The van der Waals surface area contributed by atoms with Crippen molar-refractivity contribution in [2.45, 2.75) is 58.3 Å². The fourth-order valence-corrected chi connectivity index (χ4v) is 1.95. The first kappa shape index (κ1) is 15.0. The lowest BCUT2D eigenvalue weighted by atomic mass is 10.1. The van der Waals surface area contributed by atoms with Crippen LogP contribution in [0.4, 0.5) is 13.2 Å². The highest BCUT2D eigenvalue weighted by Crippen LogP contribution is 2.34. The Balaban J connectivity index is 3.24. The molecule has 2 unspecified atom stereocenters. The zero-order valence-corrected chi connectivity index (χ0v) is 11.0. The van der Waals surface area contributed by atoms with Crippen LogP contribution in [0.2, 0.25) is 0 Å². The fourth-order valence-electron chi connectivity index (χ4n) is 1.95. The normalized spacial score (nSPS) is 15.7. The van der Waals surface area contributed by atoms with E-state index in [0.29, 0.717) is 24.2 Å². The van der Waals surface area contributed by atoms with Crippen molar-refractivity contribution >= 4 is 0 Å². The highest BCUT2D eigenvalue weighted by Gasteiger charge is 2.45. The molecular weight excluding hydrogens is 243 g/mol. The van der Waals surface area contributed by atoms with Gasteiger partial charge in [0.15, 0.2) is 6.04 Å². The second-order valence-corrected chi connectivity index (χ2v) is 4.34. The lowest BCUT2D eigenvalue weighted by Gasteiger charge is -2.27. The minimum absolute atomic E-state index is 0.259. The summed E-state index contributed by atoms with van der Waals surface area (Å²) in [4.78, 5) is 0. The predicted molar refractivity (Wildman–Crippen MR) is 64.3 cm³/mol. The van der Waals surface area contributed by atoms with Crippen LogP contribution in [0, 0.1) is 0 Å². The van der Waals surface area contributed by atoms with Gasteiger partial charge in [-0.05, 0) is 25.3 Å². The Morgan fingerprint density at radius 3 is 2.28 bits per heavy atom. The van der Waals surface area contributed by atoms with Gasteiger partial charge in [0.05, 0.1) is 5.69 Å². The van der Waals surface area contributed by atoms with Gasteiger partial charge in [-0.1, -0.05) is 20.8 Å².